The molecule has 2 heterocycles. The molecule has 0 radical (unpaired) electrons. The zero-order chi connectivity index (χ0) is 15.2. The summed E-state index contributed by atoms with van der Waals surface area (Å²) in [6, 6.07) is 0.621. The summed E-state index contributed by atoms with van der Waals surface area (Å²) in [5, 5.41) is 10.0. The Morgan fingerprint density at radius 3 is 2.90 bits per heavy atom. The fourth-order valence-corrected chi connectivity index (χ4v) is 3.40. The maximum absolute atomic E-state index is 4.63. The van der Waals surface area contributed by atoms with Crippen molar-refractivity contribution in [1.82, 2.24) is 20.5 Å². The van der Waals surface area contributed by atoms with Gasteiger partial charge in [-0.25, -0.2) is 4.98 Å². The quantitative estimate of drug-likeness (QED) is 0.645. The van der Waals surface area contributed by atoms with Crippen molar-refractivity contribution in [3.05, 3.63) is 16.1 Å². The summed E-state index contributed by atoms with van der Waals surface area (Å²) in [6.07, 6.45) is 2.57. The summed E-state index contributed by atoms with van der Waals surface area (Å²) < 4.78 is 0. The van der Waals surface area contributed by atoms with Crippen LogP contribution in [0.25, 0.3) is 0 Å². The molecule has 1 aromatic heterocycles. The molecule has 0 amide bonds. The number of nitrogens with zero attached hydrogens (tertiary/aromatic N) is 3. The third-order valence-corrected chi connectivity index (χ3v) is 4.84. The highest BCUT2D eigenvalue weighted by atomic mass is 32.1. The molecule has 1 aromatic rings. The Hall–Kier alpha value is -1.14. The monoisotopic (exact) mass is 309 g/mol. The van der Waals surface area contributed by atoms with Crippen molar-refractivity contribution in [3.63, 3.8) is 0 Å². The number of rotatable bonds is 5. The molecule has 2 N–H and O–H groups in total. The third-order valence-electron chi connectivity index (χ3n) is 3.97. The highest BCUT2D eigenvalue weighted by Gasteiger charge is 2.20. The Balaban J connectivity index is 1.77. The minimum atomic E-state index is 0.491. The van der Waals surface area contributed by atoms with Crippen molar-refractivity contribution in [2.45, 2.75) is 45.2 Å². The number of likely N-dealkylation sites (N-methyl/N-ethyl adjacent to an activating group) is 1. The van der Waals surface area contributed by atoms with Crippen LogP contribution < -0.4 is 10.6 Å². The molecular formula is C15H27N5S. The van der Waals surface area contributed by atoms with E-state index in [1.807, 2.05) is 7.05 Å². The van der Waals surface area contributed by atoms with E-state index in [0.717, 1.165) is 24.1 Å². The Kier molecular flexibility index (Phi) is 5.99. The van der Waals surface area contributed by atoms with E-state index in [9.17, 15) is 0 Å². The second-order valence-corrected chi connectivity index (χ2v) is 6.85. The second-order valence-electron chi connectivity index (χ2n) is 5.90. The Morgan fingerprint density at radius 2 is 2.33 bits per heavy atom. The van der Waals surface area contributed by atoms with Crippen LogP contribution in [0.4, 0.5) is 0 Å². The first kappa shape index (κ1) is 16.2. The molecule has 118 valence electrons. The molecule has 21 heavy (non-hydrogen) atoms. The van der Waals surface area contributed by atoms with Gasteiger partial charge in [0.15, 0.2) is 5.96 Å². The summed E-state index contributed by atoms with van der Waals surface area (Å²) in [5.41, 5.74) is 1.17. The average molecular weight is 309 g/mol. The number of nitrogens with one attached hydrogen (secondary N) is 2. The van der Waals surface area contributed by atoms with Crippen molar-refractivity contribution >= 4 is 17.3 Å². The van der Waals surface area contributed by atoms with Gasteiger partial charge in [0.1, 0.15) is 5.01 Å². The predicted molar refractivity (Wildman–Crippen MR) is 90.1 cm³/mol. The minimum absolute atomic E-state index is 0.491. The van der Waals surface area contributed by atoms with Crippen LogP contribution in [0.15, 0.2) is 10.4 Å². The van der Waals surface area contributed by atoms with Crippen molar-refractivity contribution in [1.29, 1.82) is 0 Å². The zero-order valence-electron chi connectivity index (χ0n) is 13.5. The lowest BCUT2D eigenvalue weighted by Crippen LogP contribution is -2.43. The first-order valence-corrected chi connectivity index (χ1v) is 8.57. The third kappa shape index (κ3) is 4.68. The fourth-order valence-electron chi connectivity index (χ4n) is 2.50. The molecule has 1 atom stereocenters. The Morgan fingerprint density at radius 1 is 1.52 bits per heavy atom. The lowest BCUT2D eigenvalue weighted by atomic mass is 10.2. The van der Waals surface area contributed by atoms with Gasteiger partial charge in [-0.2, -0.15) is 0 Å². The molecular weight excluding hydrogens is 282 g/mol. The summed E-state index contributed by atoms with van der Waals surface area (Å²) >= 11 is 1.71. The standard InChI is InChI=1S/C15H27N5S/c1-11(2)13-10-21-14(19-13)9-18-15(16-3)17-8-12-6-5-7-20(12)4/h10-12H,5-9H2,1-4H3,(H2,16,17,18). The molecule has 1 fully saturated rings. The van der Waals surface area contributed by atoms with E-state index >= 15 is 0 Å². The van der Waals surface area contributed by atoms with Gasteiger partial charge in [-0.1, -0.05) is 13.8 Å². The van der Waals surface area contributed by atoms with Crippen LogP contribution in [0.1, 0.15) is 43.3 Å². The van der Waals surface area contributed by atoms with E-state index in [-0.39, 0.29) is 0 Å². The number of aromatic nitrogens is 1. The highest BCUT2D eigenvalue weighted by molar-refractivity contribution is 7.09. The van der Waals surface area contributed by atoms with E-state index in [0.29, 0.717) is 12.0 Å². The number of aliphatic imine (C=N–C) groups is 1. The van der Waals surface area contributed by atoms with E-state index in [1.54, 1.807) is 11.3 Å². The lowest BCUT2D eigenvalue weighted by Gasteiger charge is -2.21. The minimum Gasteiger partial charge on any atom is -0.355 e. The summed E-state index contributed by atoms with van der Waals surface area (Å²) in [6.45, 7) is 7.23. The van der Waals surface area contributed by atoms with E-state index in [1.165, 1.54) is 25.1 Å². The molecule has 1 saturated heterocycles. The maximum atomic E-state index is 4.63. The molecule has 0 spiro atoms. The fraction of sp³-hybridized carbons (Fsp3) is 0.733. The van der Waals surface area contributed by atoms with Crippen molar-refractivity contribution < 1.29 is 0 Å². The topological polar surface area (TPSA) is 52.6 Å². The van der Waals surface area contributed by atoms with Gasteiger partial charge in [-0.15, -0.1) is 11.3 Å². The van der Waals surface area contributed by atoms with Gasteiger partial charge in [0, 0.05) is 25.0 Å². The van der Waals surface area contributed by atoms with Crippen LogP contribution in [-0.2, 0) is 6.54 Å². The SMILES string of the molecule is CN=C(NCc1nc(C(C)C)cs1)NCC1CCCN1C. The molecule has 0 aromatic carbocycles. The van der Waals surface area contributed by atoms with Gasteiger partial charge in [-0.05, 0) is 32.4 Å². The van der Waals surface area contributed by atoms with Gasteiger partial charge in [0.25, 0.3) is 0 Å². The molecule has 1 aliphatic heterocycles. The molecule has 1 aliphatic rings. The summed E-state index contributed by atoms with van der Waals surface area (Å²) in [5.74, 6) is 1.35. The van der Waals surface area contributed by atoms with Gasteiger partial charge in [0.2, 0.25) is 0 Å². The molecule has 0 aliphatic carbocycles. The first-order valence-electron chi connectivity index (χ1n) is 7.69. The number of hydrogen-bond acceptors (Lipinski definition) is 4. The average Bonchev–Trinajstić information content (AvgIpc) is 3.08. The molecule has 0 bridgehead atoms. The lowest BCUT2D eigenvalue weighted by molar-refractivity contribution is 0.309. The Bertz CT molecular complexity index is 468. The maximum Gasteiger partial charge on any atom is 0.191 e. The number of guanidine groups is 1. The smallest absolute Gasteiger partial charge is 0.191 e. The van der Waals surface area contributed by atoms with Gasteiger partial charge >= 0.3 is 0 Å². The van der Waals surface area contributed by atoms with Crippen LogP contribution >= 0.6 is 11.3 Å². The number of thiazole rings is 1. The summed E-state index contributed by atoms with van der Waals surface area (Å²) in [4.78, 5) is 11.3. The molecule has 0 saturated carbocycles. The molecule has 6 heteroatoms. The van der Waals surface area contributed by atoms with Crippen molar-refractivity contribution in [3.8, 4) is 0 Å². The van der Waals surface area contributed by atoms with Crippen LogP contribution in [0.2, 0.25) is 0 Å². The van der Waals surface area contributed by atoms with Crippen LogP contribution in [-0.4, -0.2) is 49.1 Å². The first-order chi connectivity index (χ1) is 10.1. The normalized spacial score (nSPS) is 20.2. The van der Waals surface area contributed by atoms with E-state index in [4.69, 9.17) is 0 Å². The highest BCUT2D eigenvalue weighted by Crippen LogP contribution is 2.17. The Labute approximate surface area is 131 Å². The van der Waals surface area contributed by atoms with Gasteiger partial charge in [0.05, 0.1) is 12.2 Å². The number of likely N-dealkylation sites (tertiary alicyclic amines) is 1. The zero-order valence-corrected chi connectivity index (χ0v) is 14.3. The predicted octanol–water partition coefficient (Wildman–Crippen LogP) is 2.03. The molecule has 2 rings (SSSR count). The number of hydrogen-bond donors (Lipinski definition) is 2. The van der Waals surface area contributed by atoms with Gasteiger partial charge in [-0.3, -0.25) is 4.99 Å². The molecule has 5 nitrogen and oxygen atoms in total. The van der Waals surface area contributed by atoms with E-state index < -0.39 is 0 Å². The summed E-state index contributed by atoms with van der Waals surface area (Å²) in [7, 11) is 4.01. The van der Waals surface area contributed by atoms with E-state index in [2.05, 4.69) is 51.8 Å². The van der Waals surface area contributed by atoms with Gasteiger partial charge < -0.3 is 15.5 Å². The second kappa shape index (κ2) is 7.75. The largest absolute Gasteiger partial charge is 0.355 e. The van der Waals surface area contributed by atoms with Crippen LogP contribution in [0.5, 0.6) is 0 Å². The van der Waals surface area contributed by atoms with Crippen molar-refractivity contribution in [2.75, 3.05) is 27.2 Å². The van der Waals surface area contributed by atoms with Crippen LogP contribution in [0, 0.1) is 0 Å². The molecule has 1 unspecified atom stereocenters. The van der Waals surface area contributed by atoms with Crippen molar-refractivity contribution in [2.24, 2.45) is 4.99 Å². The van der Waals surface area contributed by atoms with Crippen LogP contribution in [0.3, 0.4) is 0 Å².